The van der Waals surface area contributed by atoms with Gasteiger partial charge in [-0.05, 0) is 48.2 Å². The molecule has 0 saturated heterocycles. The third-order valence-electron chi connectivity index (χ3n) is 7.17. The van der Waals surface area contributed by atoms with E-state index in [2.05, 4.69) is 20.0 Å². The van der Waals surface area contributed by atoms with Gasteiger partial charge in [0.2, 0.25) is 10.0 Å². The van der Waals surface area contributed by atoms with Crippen molar-refractivity contribution in [1.82, 2.24) is 14.7 Å². The summed E-state index contributed by atoms with van der Waals surface area (Å²) < 4.78 is 28.8. The van der Waals surface area contributed by atoms with E-state index in [0.29, 0.717) is 40.2 Å². The zero-order chi connectivity index (χ0) is 31.7. The van der Waals surface area contributed by atoms with E-state index in [-0.39, 0.29) is 35.1 Å². The van der Waals surface area contributed by atoms with E-state index in [9.17, 15) is 33.2 Å². The Kier molecular flexibility index (Phi) is 8.28. The smallest absolute Gasteiger partial charge is 0.355 e. The van der Waals surface area contributed by atoms with E-state index in [1.165, 1.54) is 29.5 Å². The van der Waals surface area contributed by atoms with Gasteiger partial charge in [-0.3, -0.25) is 20.2 Å². The Labute approximate surface area is 264 Å². The Morgan fingerprint density at radius 3 is 2.62 bits per heavy atom. The molecule has 1 aliphatic rings. The summed E-state index contributed by atoms with van der Waals surface area (Å²) in [5, 5.41) is 24.7. The zero-order valence-corrected chi connectivity index (χ0v) is 25.7. The number of sulfonamides is 1. The van der Waals surface area contributed by atoms with Crippen molar-refractivity contribution in [3.8, 4) is 0 Å². The molecule has 230 valence electrons. The van der Waals surface area contributed by atoms with Crippen LogP contribution in [0.3, 0.4) is 0 Å². The van der Waals surface area contributed by atoms with Crippen LogP contribution in [0.5, 0.6) is 0 Å². The van der Waals surface area contributed by atoms with E-state index >= 15 is 0 Å². The number of aromatic carboxylic acids is 1. The van der Waals surface area contributed by atoms with Crippen molar-refractivity contribution in [1.29, 1.82) is 0 Å². The first-order valence-electron chi connectivity index (χ1n) is 13.6. The quantitative estimate of drug-likeness (QED) is 0.140. The number of aromatic nitrogens is 2. The molecule has 0 atom stereocenters. The number of carboxylic acids is 1. The minimum Gasteiger partial charge on any atom is -0.476 e. The Morgan fingerprint density at radius 1 is 1.04 bits per heavy atom. The molecule has 0 radical (unpaired) electrons. The number of hydrogen-bond donors (Lipinski definition) is 3. The minimum absolute atomic E-state index is 0.0354. The highest BCUT2D eigenvalue weighted by molar-refractivity contribution is 7.89. The summed E-state index contributed by atoms with van der Waals surface area (Å²) in [7, 11) is -4.08. The number of amides is 1. The fourth-order valence-electron chi connectivity index (χ4n) is 5.00. The molecule has 0 unspecified atom stereocenters. The first-order valence-corrected chi connectivity index (χ1v) is 16.7. The number of nitro groups is 1. The lowest BCUT2D eigenvalue weighted by Gasteiger charge is -2.29. The molecule has 1 amide bonds. The average molecular weight is 665 g/mol. The van der Waals surface area contributed by atoms with Crippen molar-refractivity contribution in [3.05, 3.63) is 104 Å². The number of nitrogens with zero attached hydrogens (tertiary/aromatic N) is 4. The van der Waals surface area contributed by atoms with Crippen LogP contribution in [0.25, 0.3) is 10.2 Å². The van der Waals surface area contributed by atoms with Gasteiger partial charge < -0.3 is 10.0 Å². The molecule has 2 aromatic heterocycles. The minimum atomic E-state index is -4.08. The second kappa shape index (κ2) is 12.3. The molecule has 16 heteroatoms. The molecule has 0 saturated carbocycles. The number of carbonyl (C=O) groups excluding carboxylic acids is 1. The van der Waals surface area contributed by atoms with Crippen molar-refractivity contribution in [2.75, 3.05) is 23.3 Å². The molecule has 6 rings (SSSR count). The van der Waals surface area contributed by atoms with E-state index in [1.54, 1.807) is 6.07 Å². The van der Waals surface area contributed by atoms with Crippen molar-refractivity contribution >= 4 is 70.7 Å². The van der Waals surface area contributed by atoms with E-state index < -0.39 is 20.9 Å². The normalized spacial score (nSPS) is 13.0. The number of fused-ring (bicyclic) bond motifs is 2. The SMILES string of the molecule is O=C(Nc1nc2ccccc2s1)c1cccc2c1CN(c1nc(C(=O)O)c(CCNS(=O)(=O)c3cccc([N+](=O)[O-])c3)s1)CC2. The molecule has 5 aromatic rings. The Hall–Kier alpha value is -4.77. The molecular formula is C29H24N6O7S3. The maximum atomic E-state index is 13.4. The average Bonchev–Trinajstić information content (AvgIpc) is 3.64. The van der Waals surface area contributed by atoms with Gasteiger partial charge in [0.1, 0.15) is 0 Å². The molecule has 3 heterocycles. The number of carboxylic acid groups (broad SMARTS) is 1. The topological polar surface area (TPSA) is 185 Å². The van der Waals surface area contributed by atoms with Crippen LogP contribution in [-0.4, -0.2) is 53.4 Å². The van der Waals surface area contributed by atoms with Crippen LogP contribution in [0.15, 0.2) is 71.6 Å². The van der Waals surface area contributed by atoms with Gasteiger partial charge in [0.25, 0.3) is 11.6 Å². The van der Waals surface area contributed by atoms with Gasteiger partial charge >= 0.3 is 5.97 Å². The van der Waals surface area contributed by atoms with Gasteiger partial charge in [0, 0.05) is 42.2 Å². The second-order valence-electron chi connectivity index (χ2n) is 10.0. The molecule has 1 aliphatic heterocycles. The summed E-state index contributed by atoms with van der Waals surface area (Å²) in [5.74, 6) is -1.54. The monoisotopic (exact) mass is 664 g/mol. The second-order valence-corrected chi connectivity index (χ2v) is 13.9. The third kappa shape index (κ3) is 6.39. The molecule has 3 N–H and O–H groups in total. The molecule has 3 aromatic carbocycles. The summed E-state index contributed by atoms with van der Waals surface area (Å²) in [6, 6.07) is 17.8. The lowest BCUT2D eigenvalue weighted by molar-refractivity contribution is -0.385. The number of para-hydroxylation sites is 1. The molecule has 45 heavy (non-hydrogen) atoms. The van der Waals surface area contributed by atoms with Crippen LogP contribution < -0.4 is 14.9 Å². The van der Waals surface area contributed by atoms with Gasteiger partial charge in [0.15, 0.2) is 16.0 Å². The summed E-state index contributed by atoms with van der Waals surface area (Å²) in [5.41, 5.74) is 2.55. The van der Waals surface area contributed by atoms with Crippen molar-refractivity contribution < 1.29 is 28.0 Å². The van der Waals surface area contributed by atoms with Crippen LogP contribution in [0.1, 0.15) is 36.9 Å². The molecule has 13 nitrogen and oxygen atoms in total. The number of hydrogen-bond acceptors (Lipinski definition) is 11. The largest absolute Gasteiger partial charge is 0.476 e. The summed E-state index contributed by atoms with van der Waals surface area (Å²) in [6.45, 7) is 0.720. The molecule has 0 fully saturated rings. The predicted octanol–water partition coefficient (Wildman–Crippen LogP) is 4.70. The highest BCUT2D eigenvalue weighted by Gasteiger charge is 2.27. The Balaban J connectivity index is 1.18. The predicted molar refractivity (Wildman–Crippen MR) is 170 cm³/mol. The molecular weight excluding hydrogens is 641 g/mol. The van der Waals surface area contributed by atoms with Crippen molar-refractivity contribution in [2.24, 2.45) is 0 Å². The van der Waals surface area contributed by atoms with Gasteiger partial charge in [-0.2, -0.15) is 0 Å². The van der Waals surface area contributed by atoms with Crippen LogP contribution in [0.4, 0.5) is 16.0 Å². The van der Waals surface area contributed by atoms with Gasteiger partial charge in [-0.1, -0.05) is 41.7 Å². The van der Waals surface area contributed by atoms with E-state index in [4.69, 9.17) is 0 Å². The summed E-state index contributed by atoms with van der Waals surface area (Å²) >= 11 is 2.53. The maximum Gasteiger partial charge on any atom is 0.355 e. The fourth-order valence-corrected chi connectivity index (χ4v) is 8.01. The first-order chi connectivity index (χ1) is 21.6. The van der Waals surface area contributed by atoms with Gasteiger partial charge in [-0.15, -0.1) is 11.3 Å². The van der Waals surface area contributed by atoms with E-state index in [0.717, 1.165) is 38.7 Å². The lowest BCUT2D eigenvalue weighted by Crippen LogP contribution is -2.32. The van der Waals surface area contributed by atoms with Crippen LogP contribution in [-0.2, 0) is 29.4 Å². The Bertz CT molecular complexity index is 2040. The van der Waals surface area contributed by atoms with Crippen LogP contribution in [0.2, 0.25) is 0 Å². The molecule has 0 bridgehead atoms. The van der Waals surface area contributed by atoms with Crippen LogP contribution in [0, 0.1) is 10.1 Å². The molecule has 0 aliphatic carbocycles. The summed E-state index contributed by atoms with van der Waals surface area (Å²) in [4.78, 5) is 46.6. The van der Waals surface area contributed by atoms with Crippen molar-refractivity contribution in [3.63, 3.8) is 0 Å². The number of rotatable bonds is 10. The number of benzene rings is 3. The number of non-ortho nitro benzene ring substituents is 1. The first kappa shape index (κ1) is 30.3. The number of nitrogens with one attached hydrogen (secondary N) is 2. The third-order valence-corrected chi connectivity index (χ3v) is 10.8. The van der Waals surface area contributed by atoms with Gasteiger partial charge in [0.05, 0.1) is 20.0 Å². The lowest BCUT2D eigenvalue weighted by atomic mass is 9.94. The van der Waals surface area contributed by atoms with Crippen molar-refractivity contribution in [2.45, 2.75) is 24.3 Å². The number of thiazole rings is 2. The fraction of sp³-hybridized carbons (Fsp3) is 0.172. The highest BCUT2D eigenvalue weighted by atomic mass is 32.2. The van der Waals surface area contributed by atoms with Crippen LogP contribution >= 0.6 is 22.7 Å². The van der Waals surface area contributed by atoms with Gasteiger partial charge in [-0.25, -0.2) is 27.9 Å². The van der Waals surface area contributed by atoms with E-state index in [1.807, 2.05) is 41.3 Å². The number of anilines is 2. The maximum absolute atomic E-state index is 13.4. The number of carbonyl (C=O) groups is 2. The summed E-state index contributed by atoms with van der Waals surface area (Å²) in [6.07, 6.45) is 0.644. The number of nitro benzene ring substituents is 1. The highest BCUT2D eigenvalue weighted by Crippen LogP contribution is 2.33. The standard InChI is InChI=1S/C29H24N6O7S3/c36-26(33-28-31-22-9-1-2-10-23(22)43-28)20-8-3-5-17-12-14-34(16-21(17)20)29-32-25(27(37)38)24(44-29)11-13-30-45(41,42)19-7-4-6-18(15-19)35(39)40/h1-10,15,30H,11-14,16H2,(H,37,38)(H,31,33,36). The molecule has 0 spiro atoms. The zero-order valence-electron chi connectivity index (χ0n) is 23.3. The Morgan fingerprint density at radius 2 is 1.84 bits per heavy atom.